The first-order valence-corrected chi connectivity index (χ1v) is 10.2. The van der Waals surface area contributed by atoms with Crippen LogP contribution in [-0.4, -0.2) is 56.1 Å². The number of unbranched alkanes of at least 4 members (excludes halogenated alkanes) is 1. The Morgan fingerprint density at radius 1 is 1.28 bits per heavy atom. The van der Waals surface area contributed by atoms with E-state index in [1.165, 1.54) is 0 Å². The molecule has 0 radical (unpaired) electrons. The highest BCUT2D eigenvalue weighted by Gasteiger charge is 2.16. The van der Waals surface area contributed by atoms with E-state index in [9.17, 15) is 4.79 Å². The van der Waals surface area contributed by atoms with Crippen molar-refractivity contribution in [1.82, 2.24) is 15.1 Å². The molecule has 6 heteroatoms. The summed E-state index contributed by atoms with van der Waals surface area (Å²) in [5, 5.41) is 3.04. The second-order valence-electron chi connectivity index (χ2n) is 6.81. The summed E-state index contributed by atoms with van der Waals surface area (Å²) in [6.45, 7) is 15.9. The second-order valence-corrected chi connectivity index (χ2v) is 6.81. The third-order valence-corrected chi connectivity index (χ3v) is 4.25. The quantitative estimate of drug-likeness (QED) is 0.247. The number of likely N-dealkylation sites (N-methyl/N-ethyl adjacent to an activating group) is 2. The van der Waals surface area contributed by atoms with Gasteiger partial charge >= 0.3 is 5.97 Å². The lowest BCUT2D eigenvalue weighted by molar-refractivity contribution is -0.143. The summed E-state index contributed by atoms with van der Waals surface area (Å²) in [5.41, 5.74) is 8.67. The number of allylic oxidation sites excluding steroid dienone is 3. The zero-order valence-electron chi connectivity index (χ0n) is 19.0. The van der Waals surface area contributed by atoms with Gasteiger partial charge in [0.05, 0.1) is 24.4 Å². The number of esters is 1. The molecule has 0 unspecified atom stereocenters. The van der Waals surface area contributed by atoms with E-state index in [0.717, 1.165) is 36.5 Å². The van der Waals surface area contributed by atoms with Crippen LogP contribution in [0.15, 0.2) is 60.3 Å². The molecule has 0 spiro atoms. The van der Waals surface area contributed by atoms with E-state index in [1.54, 1.807) is 6.08 Å². The molecule has 0 aromatic heterocycles. The van der Waals surface area contributed by atoms with Crippen molar-refractivity contribution in [2.45, 2.75) is 40.0 Å². The summed E-state index contributed by atoms with van der Waals surface area (Å²) in [5.74, 6) is 0.882. The average molecular weight is 405 g/mol. The molecule has 0 amide bonds. The highest BCUT2D eigenvalue weighted by Crippen LogP contribution is 2.16. The monoisotopic (exact) mass is 404 g/mol. The molecule has 0 aliphatic rings. The predicted octanol–water partition coefficient (Wildman–Crippen LogP) is 3.52. The van der Waals surface area contributed by atoms with E-state index in [0.29, 0.717) is 31.8 Å². The molecule has 0 atom stereocenters. The van der Waals surface area contributed by atoms with Crippen LogP contribution in [0.4, 0.5) is 0 Å². The molecule has 0 aromatic carbocycles. The number of carbonyl (C=O) groups excluding carboxylic acids is 1. The van der Waals surface area contributed by atoms with Crippen LogP contribution in [0.3, 0.4) is 0 Å². The van der Waals surface area contributed by atoms with Gasteiger partial charge in [0.1, 0.15) is 5.82 Å². The molecule has 0 aromatic rings. The SMILES string of the molecule is C=CCN(C)/C(=C\CCC)N(CCC(=O)OCC)C/C(C)=C/C(N)=C(\C=C)NC. The van der Waals surface area contributed by atoms with E-state index >= 15 is 0 Å². The van der Waals surface area contributed by atoms with Crippen LogP contribution in [0.2, 0.25) is 0 Å². The standard InChI is InChI=1S/C23H40N4O2/c1-8-12-13-22(26(7)15-9-2)27(16-14-23(28)29-11-4)18-19(5)17-20(24)21(10-3)25-6/h9-10,13,17,25H,2-3,8,11-12,14-16,18,24H2,1,4-7H3/b19-17+,21-20-,22-13+. The van der Waals surface area contributed by atoms with Crippen molar-refractivity contribution >= 4 is 5.97 Å². The lowest BCUT2D eigenvalue weighted by Crippen LogP contribution is -2.36. The fourth-order valence-corrected chi connectivity index (χ4v) is 2.88. The van der Waals surface area contributed by atoms with Gasteiger partial charge in [0.15, 0.2) is 0 Å². The molecular formula is C23H40N4O2. The zero-order valence-corrected chi connectivity index (χ0v) is 19.0. The highest BCUT2D eigenvalue weighted by molar-refractivity contribution is 5.69. The Balaban J connectivity index is 5.75. The number of hydrogen-bond acceptors (Lipinski definition) is 6. The fraction of sp³-hybridized carbons (Fsp3) is 0.522. The van der Waals surface area contributed by atoms with Crippen LogP contribution in [0.5, 0.6) is 0 Å². The number of nitrogens with two attached hydrogens (primary N) is 1. The minimum atomic E-state index is -0.191. The highest BCUT2D eigenvalue weighted by atomic mass is 16.5. The third kappa shape index (κ3) is 10.5. The maximum atomic E-state index is 12.0. The lowest BCUT2D eigenvalue weighted by Gasteiger charge is -2.34. The number of hydrogen-bond donors (Lipinski definition) is 2. The van der Waals surface area contributed by atoms with Gasteiger partial charge in [-0.3, -0.25) is 4.79 Å². The largest absolute Gasteiger partial charge is 0.466 e. The topological polar surface area (TPSA) is 70.8 Å². The van der Waals surface area contributed by atoms with Crippen molar-refractivity contribution in [2.24, 2.45) is 5.73 Å². The van der Waals surface area contributed by atoms with Crippen molar-refractivity contribution < 1.29 is 9.53 Å². The van der Waals surface area contributed by atoms with Gasteiger partial charge < -0.3 is 25.6 Å². The first kappa shape index (κ1) is 26.4. The summed E-state index contributed by atoms with van der Waals surface area (Å²) in [6.07, 6.45) is 10.1. The fourth-order valence-electron chi connectivity index (χ4n) is 2.88. The molecule has 3 N–H and O–H groups in total. The minimum Gasteiger partial charge on any atom is -0.466 e. The normalized spacial score (nSPS) is 12.7. The molecule has 164 valence electrons. The van der Waals surface area contributed by atoms with Crippen molar-refractivity contribution in [2.75, 3.05) is 40.3 Å². The predicted molar refractivity (Wildman–Crippen MR) is 123 cm³/mol. The van der Waals surface area contributed by atoms with E-state index in [4.69, 9.17) is 10.5 Å². The van der Waals surface area contributed by atoms with E-state index < -0.39 is 0 Å². The molecular weight excluding hydrogens is 364 g/mol. The summed E-state index contributed by atoms with van der Waals surface area (Å²) < 4.78 is 5.11. The first-order chi connectivity index (χ1) is 13.8. The van der Waals surface area contributed by atoms with Gasteiger partial charge in [-0.2, -0.15) is 0 Å². The Morgan fingerprint density at radius 2 is 1.97 bits per heavy atom. The van der Waals surface area contributed by atoms with Crippen LogP contribution >= 0.6 is 0 Å². The Morgan fingerprint density at radius 3 is 2.48 bits per heavy atom. The zero-order chi connectivity index (χ0) is 22.2. The number of rotatable bonds is 15. The average Bonchev–Trinajstić information content (AvgIpc) is 2.67. The van der Waals surface area contributed by atoms with Gasteiger partial charge in [-0.15, -0.1) is 6.58 Å². The molecule has 0 bridgehead atoms. The van der Waals surface area contributed by atoms with Crippen LogP contribution in [0, 0.1) is 0 Å². The molecule has 29 heavy (non-hydrogen) atoms. The van der Waals surface area contributed by atoms with Crippen molar-refractivity contribution in [1.29, 1.82) is 0 Å². The summed E-state index contributed by atoms with van der Waals surface area (Å²) in [6, 6.07) is 0. The van der Waals surface area contributed by atoms with Crippen LogP contribution < -0.4 is 11.1 Å². The molecule has 0 aliphatic heterocycles. The second kappa shape index (κ2) is 15.3. The molecule has 0 fully saturated rings. The third-order valence-electron chi connectivity index (χ3n) is 4.25. The summed E-state index contributed by atoms with van der Waals surface area (Å²) in [4.78, 5) is 16.3. The van der Waals surface area contributed by atoms with Gasteiger partial charge in [0, 0.05) is 33.7 Å². The minimum absolute atomic E-state index is 0.191. The van der Waals surface area contributed by atoms with Gasteiger partial charge in [-0.05, 0) is 38.5 Å². The Hall–Kier alpha value is -2.63. The smallest absolute Gasteiger partial charge is 0.307 e. The van der Waals surface area contributed by atoms with E-state index in [1.807, 2.05) is 40.1 Å². The number of ether oxygens (including phenoxy) is 1. The Bertz CT molecular complexity index is 620. The van der Waals surface area contributed by atoms with Gasteiger partial charge in [-0.25, -0.2) is 0 Å². The summed E-state index contributed by atoms with van der Waals surface area (Å²) >= 11 is 0. The lowest BCUT2D eigenvalue weighted by atomic mass is 10.2. The van der Waals surface area contributed by atoms with Crippen molar-refractivity contribution in [3.05, 3.63) is 60.3 Å². The van der Waals surface area contributed by atoms with Crippen molar-refractivity contribution in [3.63, 3.8) is 0 Å². The number of nitrogens with zero attached hydrogens (tertiary/aromatic N) is 2. The van der Waals surface area contributed by atoms with Gasteiger partial charge in [0.2, 0.25) is 0 Å². The number of carbonyl (C=O) groups is 1. The Labute approximate surface area is 177 Å². The first-order valence-electron chi connectivity index (χ1n) is 10.2. The maximum absolute atomic E-state index is 12.0. The molecule has 0 rings (SSSR count). The molecule has 0 saturated heterocycles. The van der Waals surface area contributed by atoms with E-state index in [2.05, 4.69) is 41.3 Å². The maximum Gasteiger partial charge on any atom is 0.307 e. The summed E-state index contributed by atoms with van der Waals surface area (Å²) in [7, 11) is 3.85. The van der Waals surface area contributed by atoms with Crippen molar-refractivity contribution in [3.8, 4) is 0 Å². The van der Waals surface area contributed by atoms with Crippen LogP contribution in [0.1, 0.15) is 40.0 Å². The van der Waals surface area contributed by atoms with Crippen LogP contribution in [0.25, 0.3) is 0 Å². The van der Waals surface area contributed by atoms with Gasteiger partial charge in [-0.1, -0.05) is 31.6 Å². The van der Waals surface area contributed by atoms with E-state index in [-0.39, 0.29) is 5.97 Å². The van der Waals surface area contributed by atoms with Gasteiger partial charge in [0.25, 0.3) is 0 Å². The molecule has 0 heterocycles. The molecule has 0 saturated carbocycles. The molecule has 0 aliphatic carbocycles. The van der Waals surface area contributed by atoms with Crippen LogP contribution in [-0.2, 0) is 9.53 Å². The Kier molecular flexibility index (Phi) is 13.9. The number of nitrogens with one attached hydrogen (secondary N) is 1. The molecule has 6 nitrogen and oxygen atoms in total.